The topological polar surface area (TPSA) is 70.8 Å². The molecule has 26 heavy (non-hydrogen) atoms. The fourth-order valence-corrected chi connectivity index (χ4v) is 3.06. The van der Waals surface area contributed by atoms with E-state index in [1.165, 1.54) is 0 Å². The van der Waals surface area contributed by atoms with Crippen molar-refractivity contribution in [3.63, 3.8) is 0 Å². The summed E-state index contributed by atoms with van der Waals surface area (Å²) in [4.78, 5) is 12.0. The smallest absolute Gasteiger partial charge is 0.325 e. The summed E-state index contributed by atoms with van der Waals surface area (Å²) in [5, 5.41) is 0. The fourth-order valence-electron chi connectivity index (χ4n) is 3.06. The van der Waals surface area contributed by atoms with Gasteiger partial charge < -0.3 is 19.9 Å². The Morgan fingerprint density at radius 2 is 1.92 bits per heavy atom. The highest BCUT2D eigenvalue weighted by Gasteiger charge is 2.33. The molecule has 0 unspecified atom stereocenters. The van der Waals surface area contributed by atoms with Crippen LogP contribution in [0.3, 0.4) is 0 Å². The zero-order valence-electron chi connectivity index (χ0n) is 15.9. The van der Waals surface area contributed by atoms with Gasteiger partial charge in [0.2, 0.25) is 0 Å². The lowest BCUT2D eigenvalue weighted by molar-refractivity contribution is -0.155. The van der Waals surface area contributed by atoms with Crippen LogP contribution in [0.15, 0.2) is 30.3 Å². The molecule has 0 radical (unpaired) electrons. The number of rotatable bonds is 6. The van der Waals surface area contributed by atoms with Crippen LogP contribution in [0, 0.1) is 11.8 Å². The van der Waals surface area contributed by atoms with Gasteiger partial charge in [0.1, 0.15) is 12.1 Å². The van der Waals surface area contributed by atoms with Crippen LogP contribution in [0.2, 0.25) is 0 Å². The number of cyclic esters (lactones) is 1. The van der Waals surface area contributed by atoms with Crippen molar-refractivity contribution >= 4 is 18.4 Å². The SMILES string of the molecule is CC(C)CC[C@H]1[C@H](C)OC(=O)[C@@H](N)COC[C@@H]1OCc1ccccc1.Cl. The number of nitrogens with two attached hydrogens (primary N) is 1. The Morgan fingerprint density at radius 1 is 1.23 bits per heavy atom. The summed E-state index contributed by atoms with van der Waals surface area (Å²) < 4.78 is 17.4. The van der Waals surface area contributed by atoms with Crippen molar-refractivity contribution in [2.45, 2.75) is 58.5 Å². The van der Waals surface area contributed by atoms with Crippen LogP contribution in [0.4, 0.5) is 0 Å². The molecule has 2 rings (SSSR count). The van der Waals surface area contributed by atoms with Gasteiger partial charge in [-0.25, -0.2) is 0 Å². The number of hydrogen-bond acceptors (Lipinski definition) is 5. The molecule has 1 aliphatic rings. The van der Waals surface area contributed by atoms with Gasteiger partial charge in [-0.15, -0.1) is 12.4 Å². The maximum absolute atomic E-state index is 12.0. The third-order valence-electron chi connectivity index (χ3n) is 4.65. The summed E-state index contributed by atoms with van der Waals surface area (Å²) in [5.74, 6) is 0.264. The second-order valence-electron chi connectivity index (χ2n) is 7.26. The van der Waals surface area contributed by atoms with Gasteiger partial charge in [0.15, 0.2) is 0 Å². The molecular formula is C20H32ClNO4. The number of esters is 1. The third kappa shape index (κ3) is 7.23. The third-order valence-corrected chi connectivity index (χ3v) is 4.65. The molecule has 1 saturated heterocycles. The molecule has 0 spiro atoms. The molecule has 1 aromatic rings. The normalized spacial score (nSPS) is 27.0. The lowest BCUT2D eigenvalue weighted by Crippen LogP contribution is -2.39. The van der Waals surface area contributed by atoms with Crippen LogP contribution in [0.5, 0.6) is 0 Å². The van der Waals surface area contributed by atoms with Crippen LogP contribution in [-0.2, 0) is 25.6 Å². The first-order chi connectivity index (χ1) is 12.0. The quantitative estimate of drug-likeness (QED) is 0.760. The zero-order valence-corrected chi connectivity index (χ0v) is 16.7. The van der Waals surface area contributed by atoms with E-state index in [4.69, 9.17) is 19.9 Å². The molecular weight excluding hydrogens is 354 g/mol. The molecule has 0 aliphatic carbocycles. The van der Waals surface area contributed by atoms with E-state index in [9.17, 15) is 4.79 Å². The average molecular weight is 386 g/mol. The molecule has 1 aromatic carbocycles. The van der Waals surface area contributed by atoms with Crippen molar-refractivity contribution in [1.29, 1.82) is 0 Å². The minimum Gasteiger partial charge on any atom is -0.461 e. The molecule has 148 valence electrons. The Kier molecular flexibility index (Phi) is 10.2. The number of carbonyl (C=O) groups excluding carboxylic acids is 1. The average Bonchev–Trinajstić information content (AvgIpc) is 2.63. The largest absolute Gasteiger partial charge is 0.461 e. The fraction of sp³-hybridized carbons (Fsp3) is 0.650. The first-order valence-corrected chi connectivity index (χ1v) is 9.16. The van der Waals surface area contributed by atoms with E-state index in [1.807, 2.05) is 37.3 Å². The Bertz CT molecular complexity index is 526. The first kappa shape index (κ1) is 22.9. The van der Waals surface area contributed by atoms with Gasteiger partial charge in [-0.1, -0.05) is 50.6 Å². The second-order valence-corrected chi connectivity index (χ2v) is 7.26. The molecule has 2 N–H and O–H groups in total. The van der Waals surface area contributed by atoms with E-state index in [1.54, 1.807) is 0 Å². The van der Waals surface area contributed by atoms with Crippen molar-refractivity contribution in [1.82, 2.24) is 0 Å². The molecule has 0 saturated carbocycles. The summed E-state index contributed by atoms with van der Waals surface area (Å²) in [5.41, 5.74) is 6.93. The van der Waals surface area contributed by atoms with Gasteiger partial charge in [0, 0.05) is 5.92 Å². The van der Waals surface area contributed by atoms with Gasteiger partial charge >= 0.3 is 5.97 Å². The van der Waals surface area contributed by atoms with E-state index in [2.05, 4.69) is 13.8 Å². The molecule has 1 aliphatic heterocycles. The van der Waals surface area contributed by atoms with E-state index in [-0.39, 0.29) is 37.1 Å². The number of halogens is 1. The van der Waals surface area contributed by atoms with Gasteiger partial charge in [-0.2, -0.15) is 0 Å². The van der Waals surface area contributed by atoms with E-state index < -0.39 is 12.0 Å². The number of ether oxygens (including phenoxy) is 3. The van der Waals surface area contributed by atoms with Gasteiger partial charge in [-0.05, 0) is 24.8 Å². The van der Waals surface area contributed by atoms with Crippen molar-refractivity contribution < 1.29 is 19.0 Å². The van der Waals surface area contributed by atoms with Crippen molar-refractivity contribution in [2.24, 2.45) is 17.6 Å². The lowest BCUT2D eigenvalue weighted by atomic mass is 9.89. The summed E-state index contributed by atoms with van der Waals surface area (Å²) in [7, 11) is 0. The van der Waals surface area contributed by atoms with Crippen LogP contribution >= 0.6 is 12.4 Å². The van der Waals surface area contributed by atoms with Gasteiger partial charge in [-0.3, -0.25) is 4.79 Å². The summed E-state index contributed by atoms with van der Waals surface area (Å²) >= 11 is 0. The molecule has 0 aromatic heterocycles. The van der Waals surface area contributed by atoms with E-state index in [0.717, 1.165) is 18.4 Å². The Labute approximate surface area is 163 Å². The highest BCUT2D eigenvalue weighted by molar-refractivity contribution is 5.85. The highest BCUT2D eigenvalue weighted by atomic mass is 35.5. The molecule has 1 fully saturated rings. The molecule has 5 nitrogen and oxygen atoms in total. The van der Waals surface area contributed by atoms with Crippen LogP contribution in [0.25, 0.3) is 0 Å². The highest BCUT2D eigenvalue weighted by Crippen LogP contribution is 2.26. The predicted octanol–water partition coefficient (Wildman–Crippen LogP) is 3.34. The number of carbonyl (C=O) groups is 1. The first-order valence-electron chi connectivity index (χ1n) is 9.16. The van der Waals surface area contributed by atoms with E-state index >= 15 is 0 Å². The van der Waals surface area contributed by atoms with Crippen molar-refractivity contribution in [2.75, 3.05) is 13.2 Å². The second kappa shape index (κ2) is 11.5. The maximum atomic E-state index is 12.0. The van der Waals surface area contributed by atoms with Crippen molar-refractivity contribution in [3.05, 3.63) is 35.9 Å². The molecule has 4 atom stereocenters. The van der Waals surface area contributed by atoms with Crippen molar-refractivity contribution in [3.8, 4) is 0 Å². The van der Waals surface area contributed by atoms with Crippen LogP contribution in [-0.4, -0.2) is 37.4 Å². The predicted molar refractivity (Wildman–Crippen MR) is 104 cm³/mol. The lowest BCUT2D eigenvalue weighted by Gasteiger charge is -2.31. The minimum absolute atomic E-state index is 0. The maximum Gasteiger partial charge on any atom is 0.325 e. The van der Waals surface area contributed by atoms with Gasteiger partial charge in [0.25, 0.3) is 0 Å². The van der Waals surface area contributed by atoms with Crippen LogP contribution in [0.1, 0.15) is 39.2 Å². The number of hydrogen-bond donors (Lipinski definition) is 1. The summed E-state index contributed by atoms with van der Waals surface area (Å²) in [6, 6.07) is 9.33. The monoisotopic (exact) mass is 385 g/mol. The summed E-state index contributed by atoms with van der Waals surface area (Å²) in [6.07, 6.45) is 1.58. The standard InChI is InChI=1S/C20H31NO4.ClH/c1-14(2)9-10-17-15(3)25-20(22)18(21)12-23-13-19(17)24-11-16-7-5-4-6-8-16;/h4-8,14-15,17-19H,9-13,21H2,1-3H3;1H/t15-,17-,18-,19-;/m0./s1. The Hall–Kier alpha value is -1.14. The van der Waals surface area contributed by atoms with Gasteiger partial charge in [0.05, 0.1) is 25.9 Å². The zero-order chi connectivity index (χ0) is 18.2. The Balaban J connectivity index is 0.00000338. The molecule has 6 heteroatoms. The van der Waals surface area contributed by atoms with Crippen LogP contribution < -0.4 is 5.73 Å². The summed E-state index contributed by atoms with van der Waals surface area (Å²) in [6.45, 7) is 7.41. The van der Waals surface area contributed by atoms with E-state index in [0.29, 0.717) is 19.1 Å². The molecule has 0 bridgehead atoms. The molecule has 0 amide bonds. The Morgan fingerprint density at radius 3 is 2.58 bits per heavy atom. The number of benzene rings is 1. The molecule has 1 heterocycles. The minimum atomic E-state index is -0.735.